The number of ether oxygens (including phenoxy) is 6. The lowest BCUT2D eigenvalue weighted by molar-refractivity contribution is -0.129. The maximum absolute atomic E-state index is 14.5. The molecule has 5 atom stereocenters. The number of hydrogen-bond donors (Lipinski definition) is 2. The van der Waals surface area contributed by atoms with Crippen molar-refractivity contribution in [3.05, 3.63) is 138 Å². The van der Waals surface area contributed by atoms with E-state index in [4.69, 9.17) is 28.4 Å². The summed E-state index contributed by atoms with van der Waals surface area (Å²) in [5.74, 6) is 1.89. The minimum atomic E-state index is -1.19. The smallest absolute Gasteiger partial charge is 0.243 e. The molecule has 4 aromatic carbocycles. The van der Waals surface area contributed by atoms with Crippen LogP contribution in [0.1, 0.15) is 35.4 Å². The van der Waals surface area contributed by atoms with E-state index in [1.54, 1.807) is 39.3 Å². The molecule has 2 aromatic heterocycles. The number of nitrogens with zero attached hydrogens (tertiary/aromatic N) is 5. The van der Waals surface area contributed by atoms with Crippen molar-refractivity contribution in [1.82, 2.24) is 30.2 Å². The molecule has 0 bridgehead atoms. The molecule has 0 aliphatic carbocycles. The highest BCUT2D eigenvalue weighted by Crippen LogP contribution is 2.43. The second kappa shape index (κ2) is 18.8. The van der Waals surface area contributed by atoms with Crippen LogP contribution in [0.2, 0.25) is 0 Å². The summed E-state index contributed by atoms with van der Waals surface area (Å²) in [7, 11) is 10.2. The molecule has 0 saturated carbocycles. The molecular formula is C46H51N7O8. The summed E-state index contributed by atoms with van der Waals surface area (Å²) in [6.07, 6.45) is 0.908. The summed E-state index contributed by atoms with van der Waals surface area (Å²) in [5, 5.41) is 6.06. The van der Waals surface area contributed by atoms with Gasteiger partial charge in [-0.05, 0) is 58.7 Å². The van der Waals surface area contributed by atoms with Crippen LogP contribution in [0.15, 0.2) is 116 Å². The van der Waals surface area contributed by atoms with Crippen LogP contribution < -0.4 is 29.7 Å². The quantitative estimate of drug-likeness (QED) is 0.118. The molecule has 3 heterocycles. The molecule has 0 spiro atoms. The summed E-state index contributed by atoms with van der Waals surface area (Å²) in [6.45, 7) is 1.34. The van der Waals surface area contributed by atoms with Crippen LogP contribution in [0, 0.1) is 0 Å². The molecule has 2 amide bonds. The van der Waals surface area contributed by atoms with Crippen LogP contribution >= 0.6 is 0 Å². The number of nitrogens with one attached hydrogen (secondary N) is 2. The second-order valence-electron chi connectivity index (χ2n) is 14.8. The topological polar surface area (TPSA) is 160 Å². The first-order valence-electron chi connectivity index (χ1n) is 19.8. The Bertz CT molecular complexity index is 2340. The van der Waals surface area contributed by atoms with Gasteiger partial charge in [0.05, 0.1) is 40.3 Å². The van der Waals surface area contributed by atoms with E-state index < -0.39 is 42.0 Å². The van der Waals surface area contributed by atoms with E-state index in [0.717, 1.165) is 22.3 Å². The largest absolute Gasteiger partial charge is 0.497 e. The Morgan fingerprint density at radius 2 is 1.36 bits per heavy atom. The van der Waals surface area contributed by atoms with Gasteiger partial charge in [-0.3, -0.25) is 14.2 Å². The van der Waals surface area contributed by atoms with Gasteiger partial charge in [-0.2, -0.15) is 0 Å². The fourth-order valence-corrected chi connectivity index (χ4v) is 7.89. The Morgan fingerprint density at radius 1 is 0.787 bits per heavy atom. The first-order valence-corrected chi connectivity index (χ1v) is 19.8. The van der Waals surface area contributed by atoms with Gasteiger partial charge < -0.3 is 44.0 Å². The van der Waals surface area contributed by atoms with Crippen LogP contribution in [-0.4, -0.2) is 105 Å². The van der Waals surface area contributed by atoms with Crippen molar-refractivity contribution >= 4 is 28.8 Å². The third kappa shape index (κ3) is 8.85. The van der Waals surface area contributed by atoms with Crippen LogP contribution in [0.4, 0.5) is 5.82 Å². The zero-order chi connectivity index (χ0) is 43.1. The van der Waals surface area contributed by atoms with Gasteiger partial charge in [-0.15, -0.1) is 0 Å². The summed E-state index contributed by atoms with van der Waals surface area (Å²) >= 11 is 0. The van der Waals surface area contributed by atoms with Crippen molar-refractivity contribution in [1.29, 1.82) is 0 Å². The Hall–Kier alpha value is -6.55. The van der Waals surface area contributed by atoms with Crippen molar-refractivity contribution in [3.8, 4) is 17.2 Å². The maximum atomic E-state index is 14.5. The molecule has 318 valence electrons. The zero-order valence-corrected chi connectivity index (χ0v) is 35.3. The van der Waals surface area contributed by atoms with E-state index in [9.17, 15) is 9.59 Å². The van der Waals surface area contributed by atoms with Gasteiger partial charge in [0, 0.05) is 34.5 Å². The van der Waals surface area contributed by atoms with E-state index in [-0.39, 0.29) is 18.9 Å². The number of anilines is 1. The highest BCUT2D eigenvalue weighted by molar-refractivity contribution is 5.87. The fourth-order valence-electron chi connectivity index (χ4n) is 7.89. The number of carbonyl (C=O) groups is 2. The molecule has 0 unspecified atom stereocenters. The molecule has 1 aliphatic heterocycles. The molecule has 7 rings (SSSR count). The van der Waals surface area contributed by atoms with Crippen molar-refractivity contribution in [2.45, 2.75) is 49.5 Å². The second-order valence-corrected chi connectivity index (χ2v) is 14.8. The maximum Gasteiger partial charge on any atom is 0.243 e. The minimum absolute atomic E-state index is 0.0396. The van der Waals surface area contributed by atoms with Gasteiger partial charge in [-0.1, -0.05) is 66.7 Å². The summed E-state index contributed by atoms with van der Waals surface area (Å²) in [5.41, 5.74) is 3.21. The highest BCUT2D eigenvalue weighted by atomic mass is 16.6. The average molecular weight is 830 g/mol. The molecule has 6 aromatic rings. The predicted octanol–water partition coefficient (Wildman–Crippen LogP) is 5.07. The molecule has 15 nitrogen and oxygen atoms in total. The average Bonchev–Trinajstić information content (AvgIpc) is 3.87. The molecule has 61 heavy (non-hydrogen) atoms. The number of benzene rings is 4. The number of hydrogen-bond acceptors (Lipinski definition) is 12. The number of fused-ring (bicyclic) bond motifs is 1. The van der Waals surface area contributed by atoms with Crippen molar-refractivity contribution in [3.63, 3.8) is 0 Å². The lowest BCUT2D eigenvalue weighted by Gasteiger charge is -2.37. The number of carbonyl (C=O) groups excluding carboxylic acids is 2. The van der Waals surface area contributed by atoms with E-state index in [0.29, 0.717) is 34.2 Å². The Kier molecular flexibility index (Phi) is 13.1. The minimum Gasteiger partial charge on any atom is -0.497 e. The molecule has 2 N–H and O–H groups in total. The van der Waals surface area contributed by atoms with Gasteiger partial charge in [-0.25, -0.2) is 15.0 Å². The van der Waals surface area contributed by atoms with Gasteiger partial charge in [0.2, 0.25) is 11.8 Å². The third-order valence-electron chi connectivity index (χ3n) is 10.9. The molecule has 1 aliphatic rings. The van der Waals surface area contributed by atoms with Gasteiger partial charge in [0.25, 0.3) is 0 Å². The van der Waals surface area contributed by atoms with Crippen molar-refractivity contribution in [2.24, 2.45) is 0 Å². The summed E-state index contributed by atoms with van der Waals surface area (Å²) < 4.78 is 38.7. The van der Waals surface area contributed by atoms with E-state index in [2.05, 4.69) is 25.6 Å². The van der Waals surface area contributed by atoms with Crippen LogP contribution in [-0.2, 0) is 35.8 Å². The number of imidazole rings is 1. The number of methoxy groups -OCH3 is 4. The lowest BCUT2D eigenvalue weighted by Crippen LogP contribution is -2.56. The van der Waals surface area contributed by atoms with Gasteiger partial charge in [0.15, 0.2) is 23.2 Å². The van der Waals surface area contributed by atoms with E-state index in [1.165, 1.54) is 13.3 Å². The van der Waals surface area contributed by atoms with Gasteiger partial charge in [0.1, 0.15) is 47.4 Å². The molecule has 1 saturated heterocycles. The Balaban J connectivity index is 1.31. The predicted molar refractivity (Wildman–Crippen MR) is 229 cm³/mol. The third-order valence-corrected chi connectivity index (χ3v) is 10.9. The molecule has 1 fully saturated rings. The first kappa shape index (κ1) is 42.6. The lowest BCUT2D eigenvalue weighted by atomic mass is 9.80. The normalized spacial score (nSPS) is 18.0. The number of rotatable bonds is 17. The van der Waals surface area contributed by atoms with Crippen LogP contribution in [0.25, 0.3) is 11.2 Å². The van der Waals surface area contributed by atoms with E-state index >= 15 is 0 Å². The van der Waals surface area contributed by atoms with Crippen LogP contribution in [0.3, 0.4) is 0 Å². The standard InChI is InChI=1S/C46H51N7O8/c1-29(54)50-37(25-30-13-19-34(56-4)20-14-30)44(55)51-39-38(61-45(41(39)59-7)53-28-49-40-42(52(2)3)47-27-48-43(40)53)26-60-46(31-11-9-8-10-12-31,32-15-21-35(57-5)22-16-32)33-17-23-36(58-6)24-18-33/h8-24,27-28,37-39,41,45H,25-26H2,1-7H3,(H,50,54)(H,51,55)/t37-,38+,39+,41+,45+/m0/s1. The fraction of sp³-hybridized carbons (Fsp3) is 0.326. The highest BCUT2D eigenvalue weighted by Gasteiger charge is 2.50. The Morgan fingerprint density at radius 3 is 1.90 bits per heavy atom. The van der Waals surface area contributed by atoms with Crippen LogP contribution in [0.5, 0.6) is 17.2 Å². The zero-order valence-electron chi connectivity index (χ0n) is 35.3. The summed E-state index contributed by atoms with van der Waals surface area (Å²) in [4.78, 5) is 42.6. The number of amides is 2. The summed E-state index contributed by atoms with van der Waals surface area (Å²) in [6, 6.07) is 31.0. The molecule has 15 heteroatoms. The van der Waals surface area contributed by atoms with E-state index in [1.807, 2.05) is 122 Å². The molecular weight excluding hydrogens is 779 g/mol. The molecule has 0 radical (unpaired) electrons. The van der Waals surface area contributed by atoms with Gasteiger partial charge >= 0.3 is 0 Å². The van der Waals surface area contributed by atoms with Crippen molar-refractivity contribution in [2.75, 3.05) is 54.0 Å². The Labute approximate surface area is 354 Å². The monoisotopic (exact) mass is 829 g/mol. The SMILES string of the molecule is COc1ccc(C[C@H](NC(C)=O)C(=O)N[C@H]2[C@@H](OC)[C@H](n3cnc4c(N(C)C)ncnc43)O[C@@H]2COC(c2ccccc2)(c2ccc(OC)cc2)c2ccc(OC)cc2)cc1. The van der Waals surface area contributed by atoms with Crippen molar-refractivity contribution < 1.29 is 38.0 Å². The first-order chi connectivity index (χ1) is 29.6. The number of aromatic nitrogens is 4.